The Morgan fingerprint density at radius 1 is 1.25 bits per heavy atom. The maximum absolute atomic E-state index is 5.64. The van der Waals surface area contributed by atoms with E-state index in [1.807, 2.05) is 12.3 Å². The number of hydrogen-bond acceptors (Lipinski definition) is 4. The minimum atomic E-state index is 0.583. The first-order valence-electron chi connectivity index (χ1n) is 6.77. The van der Waals surface area contributed by atoms with E-state index < -0.39 is 0 Å². The molecule has 1 aromatic carbocycles. The van der Waals surface area contributed by atoms with Crippen LogP contribution in [0.5, 0.6) is 5.75 Å². The van der Waals surface area contributed by atoms with Gasteiger partial charge in [-0.1, -0.05) is 6.92 Å². The molecule has 5 nitrogen and oxygen atoms in total. The van der Waals surface area contributed by atoms with Crippen molar-refractivity contribution in [2.75, 3.05) is 6.61 Å². The van der Waals surface area contributed by atoms with E-state index in [0.717, 1.165) is 29.7 Å². The van der Waals surface area contributed by atoms with Gasteiger partial charge in [-0.15, -0.1) is 10.2 Å². The Hall–Kier alpha value is -2.30. The number of aryl methyl sites for hydroxylation is 1. The molecule has 0 bridgehead atoms. The molecule has 0 unspecified atom stereocenters. The molecule has 0 aliphatic carbocycles. The van der Waals surface area contributed by atoms with Gasteiger partial charge in [0.25, 0.3) is 0 Å². The van der Waals surface area contributed by atoms with Crippen molar-refractivity contribution >= 4 is 10.9 Å². The highest BCUT2D eigenvalue weighted by atomic mass is 16.5. The SMILES string of the molecule is CCCOc1ccc2c(ccn2Cc2nnc(C)o2)c1. The third-order valence-electron chi connectivity index (χ3n) is 3.09. The summed E-state index contributed by atoms with van der Waals surface area (Å²) in [5.74, 6) is 2.11. The summed E-state index contributed by atoms with van der Waals surface area (Å²) in [6.07, 6.45) is 3.03. The molecule has 0 aliphatic rings. The van der Waals surface area contributed by atoms with Crippen LogP contribution in [0, 0.1) is 6.92 Å². The Morgan fingerprint density at radius 2 is 2.15 bits per heavy atom. The predicted molar refractivity (Wildman–Crippen MR) is 75.9 cm³/mol. The van der Waals surface area contributed by atoms with E-state index >= 15 is 0 Å². The second-order valence-corrected chi connectivity index (χ2v) is 4.73. The fraction of sp³-hybridized carbons (Fsp3) is 0.333. The fourth-order valence-electron chi connectivity index (χ4n) is 2.17. The molecule has 0 fully saturated rings. The first-order chi connectivity index (χ1) is 9.76. The molecule has 0 saturated carbocycles. The average molecular weight is 271 g/mol. The lowest BCUT2D eigenvalue weighted by Crippen LogP contribution is -1.98. The van der Waals surface area contributed by atoms with Crippen LogP contribution in [0.4, 0.5) is 0 Å². The quantitative estimate of drug-likeness (QED) is 0.715. The summed E-state index contributed by atoms with van der Waals surface area (Å²) in [4.78, 5) is 0. The Morgan fingerprint density at radius 3 is 2.90 bits per heavy atom. The van der Waals surface area contributed by atoms with Crippen LogP contribution in [0.2, 0.25) is 0 Å². The minimum Gasteiger partial charge on any atom is -0.494 e. The smallest absolute Gasteiger partial charge is 0.236 e. The van der Waals surface area contributed by atoms with Crippen molar-refractivity contribution in [1.82, 2.24) is 14.8 Å². The van der Waals surface area contributed by atoms with Crippen molar-refractivity contribution in [3.8, 4) is 5.75 Å². The van der Waals surface area contributed by atoms with Gasteiger partial charge in [0, 0.05) is 24.0 Å². The van der Waals surface area contributed by atoms with E-state index in [2.05, 4.69) is 39.9 Å². The van der Waals surface area contributed by atoms with Gasteiger partial charge in [-0.05, 0) is 30.7 Å². The van der Waals surface area contributed by atoms with Gasteiger partial charge in [-0.25, -0.2) is 0 Å². The summed E-state index contributed by atoms with van der Waals surface area (Å²) in [5.41, 5.74) is 1.13. The van der Waals surface area contributed by atoms with Gasteiger partial charge in [0.15, 0.2) is 0 Å². The van der Waals surface area contributed by atoms with Gasteiger partial charge in [0.2, 0.25) is 11.8 Å². The summed E-state index contributed by atoms with van der Waals surface area (Å²) in [7, 11) is 0. The number of hydrogen-bond donors (Lipinski definition) is 0. The summed E-state index contributed by atoms with van der Waals surface area (Å²) in [6.45, 7) is 5.22. The number of nitrogens with zero attached hydrogens (tertiary/aromatic N) is 3. The van der Waals surface area contributed by atoms with Crippen LogP contribution >= 0.6 is 0 Å². The van der Waals surface area contributed by atoms with E-state index in [9.17, 15) is 0 Å². The van der Waals surface area contributed by atoms with Crippen LogP contribution in [-0.2, 0) is 6.54 Å². The van der Waals surface area contributed by atoms with Crippen LogP contribution in [0.1, 0.15) is 25.1 Å². The molecule has 0 saturated heterocycles. The Labute approximate surface area is 117 Å². The zero-order valence-corrected chi connectivity index (χ0v) is 11.7. The highest BCUT2D eigenvalue weighted by Crippen LogP contribution is 2.22. The van der Waals surface area contributed by atoms with E-state index in [-0.39, 0.29) is 0 Å². The van der Waals surface area contributed by atoms with Crippen molar-refractivity contribution in [2.24, 2.45) is 0 Å². The maximum atomic E-state index is 5.64. The molecule has 3 aromatic rings. The highest BCUT2D eigenvalue weighted by Gasteiger charge is 2.07. The molecule has 0 aliphatic heterocycles. The summed E-state index contributed by atoms with van der Waals surface area (Å²) in [5, 5.41) is 9.02. The molecule has 104 valence electrons. The summed E-state index contributed by atoms with van der Waals surface area (Å²) < 4.78 is 13.1. The second kappa shape index (κ2) is 5.36. The number of aromatic nitrogens is 3. The van der Waals surface area contributed by atoms with E-state index in [1.54, 1.807) is 6.92 Å². The third kappa shape index (κ3) is 2.52. The molecule has 5 heteroatoms. The largest absolute Gasteiger partial charge is 0.494 e. The van der Waals surface area contributed by atoms with E-state index in [0.29, 0.717) is 18.3 Å². The van der Waals surface area contributed by atoms with Crippen molar-refractivity contribution in [2.45, 2.75) is 26.8 Å². The lowest BCUT2D eigenvalue weighted by atomic mass is 10.2. The molecular weight excluding hydrogens is 254 g/mol. The molecule has 20 heavy (non-hydrogen) atoms. The Balaban J connectivity index is 1.85. The molecule has 0 spiro atoms. The number of rotatable bonds is 5. The highest BCUT2D eigenvalue weighted by molar-refractivity contribution is 5.81. The predicted octanol–water partition coefficient (Wildman–Crippen LogP) is 3.17. The normalized spacial score (nSPS) is 11.1. The van der Waals surface area contributed by atoms with Crippen LogP contribution < -0.4 is 4.74 Å². The van der Waals surface area contributed by atoms with Crippen molar-refractivity contribution < 1.29 is 9.15 Å². The molecule has 0 amide bonds. The maximum Gasteiger partial charge on any atom is 0.236 e. The zero-order chi connectivity index (χ0) is 13.9. The monoisotopic (exact) mass is 271 g/mol. The first kappa shape index (κ1) is 12.7. The van der Waals surface area contributed by atoms with Crippen LogP contribution in [0.15, 0.2) is 34.9 Å². The third-order valence-corrected chi connectivity index (χ3v) is 3.09. The van der Waals surface area contributed by atoms with E-state index in [1.165, 1.54) is 0 Å². The summed E-state index contributed by atoms with van der Waals surface area (Å²) in [6, 6.07) is 8.18. The lowest BCUT2D eigenvalue weighted by molar-refractivity contribution is 0.318. The minimum absolute atomic E-state index is 0.583. The molecule has 0 atom stereocenters. The zero-order valence-electron chi connectivity index (χ0n) is 11.7. The summed E-state index contributed by atoms with van der Waals surface area (Å²) >= 11 is 0. The van der Waals surface area contributed by atoms with Gasteiger partial charge in [0.1, 0.15) is 12.3 Å². The van der Waals surface area contributed by atoms with Crippen LogP contribution in [-0.4, -0.2) is 21.4 Å². The average Bonchev–Trinajstić information content (AvgIpc) is 3.04. The Kier molecular flexibility index (Phi) is 3.41. The van der Waals surface area contributed by atoms with Crippen LogP contribution in [0.25, 0.3) is 10.9 Å². The molecule has 3 rings (SSSR count). The topological polar surface area (TPSA) is 53.1 Å². The molecular formula is C15H17N3O2. The van der Waals surface area contributed by atoms with E-state index in [4.69, 9.17) is 9.15 Å². The number of ether oxygens (including phenoxy) is 1. The van der Waals surface area contributed by atoms with Gasteiger partial charge in [-0.3, -0.25) is 0 Å². The van der Waals surface area contributed by atoms with Gasteiger partial charge in [0.05, 0.1) is 6.61 Å². The molecule has 2 aromatic heterocycles. The fourth-order valence-corrected chi connectivity index (χ4v) is 2.17. The van der Waals surface area contributed by atoms with Gasteiger partial charge in [-0.2, -0.15) is 0 Å². The standard InChI is InChI=1S/C15H17N3O2/c1-3-8-19-13-4-5-14-12(9-13)6-7-18(14)10-15-17-16-11(2)20-15/h4-7,9H,3,8,10H2,1-2H3. The molecule has 0 radical (unpaired) electrons. The molecule has 0 N–H and O–H groups in total. The molecule has 2 heterocycles. The second-order valence-electron chi connectivity index (χ2n) is 4.73. The first-order valence-corrected chi connectivity index (χ1v) is 6.77. The lowest BCUT2D eigenvalue weighted by Gasteiger charge is -2.05. The van der Waals surface area contributed by atoms with Gasteiger partial charge < -0.3 is 13.7 Å². The number of benzene rings is 1. The number of fused-ring (bicyclic) bond motifs is 1. The van der Waals surface area contributed by atoms with Gasteiger partial charge >= 0.3 is 0 Å². The van der Waals surface area contributed by atoms with Crippen molar-refractivity contribution in [3.63, 3.8) is 0 Å². The van der Waals surface area contributed by atoms with Crippen LogP contribution in [0.3, 0.4) is 0 Å². The Bertz CT molecular complexity index is 715. The van der Waals surface area contributed by atoms with Crippen molar-refractivity contribution in [3.05, 3.63) is 42.2 Å². The van der Waals surface area contributed by atoms with Crippen molar-refractivity contribution in [1.29, 1.82) is 0 Å².